The molecule has 0 rings (SSSR count). The molecule has 1 amide bonds. The molecular weight excluding hydrogens is 250 g/mol. The quantitative estimate of drug-likeness (QED) is 0.650. The summed E-state index contributed by atoms with van der Waals surface area (Å²) in [5, 5.41) is 11.1. The second kappa shape index (κ2) is 8.58. The maximum Gasteiger partial charge on any atom is 0.313 e. The molecule has 0 saturated carbocycles. The van der Waals surface area contributed by atoms with Crippen LogP contribution in [0.4, 0.5) is 0 Å². The first-order chi connectivity index (χ1) is 7.41. The first-order valence-electron chi connectivity index (χ1n) is 4.80. The molecule has 0 aromatic rings. The number of nitrogens with one attached hydrogen (secondary N) is 1. The molecule has 0 heterocycles. The standard InChI is InChI=1S/C9H17NO4S2/c1-7(3-4-16(2)14)10-8(11)5-15-6-9(12)13/h7H,3-6H2,1-2H3,(H,10,11)(H,12,13). The van der Waals surface area contributed by atoms with Crippen molar-refractivity contribution in [1.82, 2.24) is 5.32 Å². The Morgan fingerprint density at radius 1 is 1.44 bits per heavy atom. The summed E-state index contributed by atoms with van der Waals surface area (Å²) in [4.78, 5) is 21.5. The summed E-state index contributed by atoms with van der Waals surface area (Å²) < 4.78 is 10.8. The van der Waals surface area contributed by atoms with Crippen LogP contribution in [-0.4, -0.2) is 50.7 Å². The summed E-state index contributed by atoms with van der Waals surface area (Å²) in [6.07, 6.45) is 2.29. The molecule has 94 valence electrons. The predicted octanol–water partition coefficient (Wildman–Crippen LogP) is 0.0775. The van der Waals surface area contributed by atoms with Gasteiger partial charge in [-0.3, -0.25) is 13.8 Å². The lowest BCUT2D eigenvalue weighted by Gasteiger charge is -2.12. The van der Waals surface area contributed by atoms with Crippen LogP contribution in [0.2, 0.25) is 0 Å². The minimum absolute atomic E-state index is 0.0261. The van der Waals surface area contributed by atoms with E-state index in [1.807, 2.05) is 6.92 Å². The minimum Gasteiger partial charge on any atom is -0.481 e. The summed E-state index contributed by atoms with van der Waals surface area (Å²) in [6, 6.07) is -0.0261. The molecule has 0 aliphatic rings. The van der Waals surface area contributed by atoms with Gasteiger partial charge in [0.15, 0.2) is 0 Å². The van der Waals surface area contributed by atoms with E-state index < -0.39 is 16.8 Å². The summed E-state index contributed by atoms with van der Waals surface area (Å²) >= 11 is 1.06. The molecule has 0 radical (unpaired) electrons. The van der Waals surface area contributed by atoms with Crippen molar-refractivity contribution in [3.05, 3.63) is 0 Å². The van der Waals surface area contributed by atoms with Gasteiger partial charge in [-0.05, 0) is 13.3 Å². The molecule has 0 bridgehead atoms. The highest BCUT2D eigenvalue weighted by molar-refractivity contribution is 8.00. The third-order valence-corrected chi connectivity index (χ3v) is 3.43. The zero-order valence-corrected chi connectivity index (χ0v) is 11.0. The predicted molar refractivity (Wildman–Crippen MR) is 66.1 cm³/mol. The van der Waals surface area contributed by atoms with E-state index in [4.69, 9.17) is 5.11 Å². The van der Waals surface area contributed by atoms with Crippen molar-refractivity contribution in [1.29, 1.82) is 0 Å². The van der Waals surface area contributed by atoms with E-state index >= 15 is 0 Å². The molecule has 0 aliphatic carbocycles. The van der Waals surface area contributed by atoms with E-state index in [9.17, 15) is 13.8 Å². The molecule has 0 fully saturated rings. The van der Waals surface area contributed by atoms with Gasteiger partial charge in [-0.15, -0.1) is 11.8 Å². The van der Waals surface area contributed by atoms with Crippen LogP contribution in [0.3, 0.4) is 0 Å². The van der Waals surface area contributed by atoms with Crippen LogP contribution in [0.5, 0.6) is 0 Å². The van der Waals surface area contributed by atoms with E-state index in [1.54, 1.807) is 6.26 Å². The van der Waals surface area contributed by atoms with Crippen molar-refractivity contribution in [3.63, 3.8) is 0 Å². The summed E-state index contributed by atoms with van der Waals surface area (Å²) in [6.45, 7) is 1.84. The Morgan fingerprint density at radius 3 is 2.56 bits per heavy atom. The van der Waals surface area contributed by atoms with Gasteiger partial charge in [0.1, 0.15) is 0 Å². The zero-order chi connectivity index (χ0) is 12.6. The maximum absolute atomic E-state index is 11.3. The van der Waals surface area contributed by atoms with Gasteiger partial charge in [0, 0.05) is 28.9 Å². The number of rotatable bonds is 8. The fraction of sp³-hybridized carbons (Fsp3) is 0.778. The van der Waals surface area contributed by atoms with E-state index in [2.05, 4.69) is 5.32 Å². The summed E-state index contributed by atoms with van der Waals surface area (Å²) in [5.74, 6) is -0.469. The Hall–Kier alpha value is -0.560. The van der Waals surface area contributed by atoms with Crippen LogP contribution in [0, 0.1) is 0 Å². The van der Waals surface area contributed by atoms with E-state index in [1.165, 1.54) is 0 Å². The van der Waals surface area contributed by atoms with Crippen LogP contribution in [0.25, 0.3) is 0 Å². The minimum atomic E-state index is -0.924. The number of hydrogen-bond acceptors (Lipinski definition) is 4. The number of carboxylic acid groups (broad SMARTS) is 1. The second-order valence-corrected chi connectivity index (χ2v) is 5.96. The van der Waals surface area contributed by atoms with Gasteiger partial charge in [-0.2, -0.15) is 0 Å². The van der Waals surface area contributed by atoms with Gasteiger partial charge < -0.3 is 10.4 Å². The molecule has 2 unspecified atom stereocenters. The molecule has 0 spiro atoms. The van der Waals surface area contributed by atoms with Crippen molar-refractivity contribution >= 4 is 34.4 Å². The van der Waals surface area contributed by atoms with Crippen LogP contribution in [0.15, 0.2) is 0 Å². The highest BCUT2D eigenvalue weighted by Gasteiger charge is 2.08. The zero-order valence-electron chi connectivity index (χ0n) is 9.39. The molecule has 0 aliphatic heterocycles. The van der Waals surface area contributed by atoms with Gasteiger partial charge in [0.25, 0.3) is 0 Å². The second-order valence-electron chi connectivity index (χ2n) is 3.42. The largest absolute Gasteiger partial charge is 0.481 e. The maximum atomic E-state index is 11.3. The van der Waals surface area contributed by atoms with Crippen molar-refractivity contribution in [2.24, 2.45) is 0 Å². The molecule has 0 saturated heterocycles. The van der Waals surface area contributed by atoms with Gasteiger partial charge in [-0.1, -0.05) is 0 Å². The highest BCUT2D eigenvalue weighted by atomic mass is 32.2. The molecule has 2 atom stereocenters. The lowest BCUT2D eigenvalue weighted by molar-refractivity contribution is -0.133. The number of amides is 1. The third-order valence-electron chi connectivity index (χ3n) is 1.70. The molecular formula is C9H17NO4S2. The third kappa shape index (κ3) is 9.97. The number of hydrogen-bond donors (Lipinski definition) is 2. The Bertz CT molecular complexity index is 270. The smallest absolute Gasteiger partial charge is 0.313 e. The molecule has 0 aromatic carbocycles. The summed E-state index contributed by atoms with van der Waals surface area (Å²) in [5.41, 5.74) is 0. The molecule has 5 nitrogen and oxygen atoms in total. The van der Waals surface area contributed by atoms with E-state index in [-0.39, 0.29) is 23.5 Å². The van der Waals surface area contributed by atoms with Crippen molar-refractivity contribution < 1.29 is 18.9 Å². The Kier molecular flexibility index (Phi) is 8.28. The highest BCUT2D eigenvalue weighted by Crippen LogP contribution is 2.00. The first kappa shape index (κ1) is 15.4. The SMILES string of the molecule is CC(CCS(C)=O)NC(=O)CSCC(=O)O. The fourth-order valence-corrected chi connectivity index (χ4v) is 2.19. The van der Waals surface area contributed by atoms with Crippen molar-refractivity contribution in [3.8, 4) is 0 Å². The number of aliphatic carboxylic acids is 1. The van der Waals surface area contributed by atoms with Crippen molar-refractivity contribution in [2.75, 3.05) is 23.5 Å². The number of carbonyl (C=O) groups excluding carboxylic acids is 1. The molecule has 16 heavy (non-hydrogen) atoms. The van der Waals surface area contributed by atoms with Gasteiger partial charge in [0.2, 0.25) is 5.91 Å². The fourth-order valence-electron chi connectivity index (χ4n) is 0.962. The first-order valence-corrected chi connectivity index (χ1v) is 7.69. The monoisotopic (exact) mass is 267 g/mol. The lowest BCUT2D eigenvalue weighted by Crippen LogP contribution is -2.34. The molecule has 7 heteroatoms. The molecule has 2 N–H and O–H groups in total. The van der Waals surface area contributed by atoms with Crippen LogP contribution in [0.1, 0.15) is 13.3 Å². The topological polar surface area (TPSA) is 83.5 Å². The molecule has 0 aromatic heterocycles. The number of carbonyl (C=O) groups is 2. The number of carboxylic acids is 1. The van der Waals surface area contributed by atoms with Crippen LogP contribution < -0.4 is 5.32 Å². The van der Waals surface area contributed by atoms with E-state index in [0.29, 0.717) is 12.2 Å². The average Bonchev–Trinajstić information content (AvgIpc) is 2.14. The average molecular weight is 267 g/mol. The number of thioether (sulfide) groups is 1. The van der Waals surface area contributed by atoms with Gasteiger partial charge in [-0.25, -0.2) is 0 Å². The van der Waals surface area contributed by atoms with Crippen LogP contribution in [-0.2, 0) is 20.4 Å². The lowest BCUT2D eigenvalue weighted by atomic mass is 10.2. The van der Waals surface area contributed by atoms with Gasteiger partial charge in [0.05, 0.1) is 11.5 Å². The van der Waals surface area contributed by atoms with Crippen molar-refractivity contribution in [2.45, 2.75) is 19.4 Å². The normalized spacial score (nSPS) is 14.1. The summed E-state index contributed by atoms with van der Waals surface area (Å²) in [7, 11) is -0.847. The Balaban J connectivity index is 3.61. The van der Waals surface area contributed by atoms with Crippen LogP contribution >= 0.6 is 11.8 Å². The van der Waals surface area contributed by atoms with E-state index in [0.717, 1.165) is 11.8 Å². The Morgan fingerprint density at radius 2 is 2.06 bits per heavy atom. The van der Waals surface area contributed by atoms with Gasteiger partial charge >= 0.3 is 5.97 Å². The Labute approximate surface area is 102 Å².